The van der Waals surface area contributed by atoms with Gasteiger partial charge in [-0.05, 0) is 18.4 Å². The van der Waals surface area contributed by atoms with E-state index in [-0.39, 0.29) is 5.91 Å². The Hall–Kier alpha value is -1.96. The normalized spacial score (nSPS) is 13.9. The number of carbonyl (C=O) groups is 1. The van der Waals surface area contributed by atoms with E-state index in [0.29, 0.717) is 28.6 Å². The van der Waals surface area contributed by atoms with Gasteiger partial charge in [-0.3, -0.25) is 4.79 Å². The summed E-state index contributed by atoms with van der Waals surface area (Å²) < 4.78 is 14.5. The molecule has 0 saturated carbocycles. The molecule has 1 aliphatic heterocycles. The minimum Gasteiger partial charge on any atom is -0.486 e. The highest BCUT2D eigenvalue weighted by Gasteiger charge is 2.17. The molecule has 0 N–H and O–H groups in total. The average Bonchev–Trinajstić information content (AvgIpc) is 3.00. The average molecular weight is 421 g/mol. The van der Waals surface area contributed by atoms with E-state index in [9.17, 15) is 4.79 Å². The molecule has 1 aliphatic rings. The van der Waals surface area contributed by atoms with Crippen LogP contribution in [0.4, 0.5) is 0 Å². The second kappa shape index (κ2) is 7.96. The predicted molar refractivity (Wildman–Crippen MR) is 111 cm³/mol. The number of hydrogen-bond acceptors (Lipinski definition) is 5. The van der Waals surface area contributed by atoms with Crippen molar-refractivity contribution < 1.29 is 14.3 Å². The van der Waals surface area contributed by atoms with Crippen LogP contribution in [0.2, 0.25) is 5.02 Å². The number of aryl methyl sites for hydroxylation is 1. The third-order valence-corrected chi connectivity index (χ3v) is 6.13. The minimum absolute atomic E-state index is 0.345. The second-order valence-corrected chi connectivity index (χ2v) is 8.29. The number of ether oxygens (including phenoxy) is 2. The first-order valence-electron chi connectivity index (χ1n) is 8.43. The third kappa shape index (κ3) is 3.72. The Morgan fingerprint density at radius 3 is 2.74 bits per heavy atom. The zero-order valence-electron chi connectivity index (χ0n) is 14.6. The van der Waals surface area contributed by atoms with Gasteiger partial charge >= 0.3 is 0 Å². The highest BCUT2D eigenvalue weighted by molar-refractivity contribution is 7.98. The molecule has 2 aromatic carbocycles. The maximum Gasteiger partial charge on any atom is 0.281 e. The first kappa shape index (κ1) is 18.4. The molecule has 0 saturated heterocycles. The van der Waals surface area contributed by atoms with Crippen LogP contribution in [0.15, 0.2) is 41.4 Å². The number of amides is 1. The fraction of sp³-hybridized carbons (Fsp3) is 0.263. The van der Waals surface area contributed by atoms with Gasteiger partial charge in [0.2, 0.25) is 0 Å². The van der Waals surface area contributed by atoms with Crippen LogP contribution < -0.4 is 14.3 Å². The number of thioether (sulfide) groups is 1. The standard InChI is InChI=1S/C19H17ClN2O3S2/c1-26-9-6-22-14-10-15-16(25-8-7-24-15)11-17(14)27-19(22)21-18(23)12-4-2-3-5-13(12)20/h2-5,10-11H,6-9H2,1H3. The van der Waals surface area contributed by atoms with Crippen molar-refractivity contribution >= 4 is 50.8 Å². The molecule has 1 amide bonds. The highest BCUT2D eigenvalue weighted by Crippen LogP contribution is 2.35. The molecule has 2 heterocycles. The lowest BCUT2D eigenvalue weighted by atomic mass is 10.2. The molecule has 0 fully saturated rings. The Morgan fingerprint density at radius 1 is 1.26 bits per heavy atom. The number of nitrogens with zero attached hydrogens (tertiary/aromatic N) is 2. The number of halogens is 1. The third-order valence-electron chi connectivity index (χ3n) is 4.17. The number of benzene rings is 2. The maximum atomic E-state index is 12.7. The minimum atomic E-state index is -0.345. The van der Waals surface area contributed by atoms with Crippen molar-refractivity contribution in [3.8, 4) is 11.5 Å². The monoisotopic (exact) mass is 420 g/mol. The van der Waals surface area contributed by atoms with Crippen LogP contribution in [0.1, 0.15) is 10.4 Å². The van der Waals surface area contributed by atoms with Gasteiger partial charge in [-0.15, -0.1) is 0 Å². The molecule has 3 aromatic rings. The number of thiazole rings is 1. The van der Waals surface area contributed by atoms with Crippen LogP contribution in [0.25, 0.3) is 10.2 Å². The predicted octanol–water partition coefficient (Wildman–Crippen LogP) is 4.23. The summed E-state index contributed by atoms with van der Waals surface area (Å²) in [7, 11) is 0. The van der Waals surface area contributed by atoms with Gasteiger partial charge in [-0.1, -0.05) is 35.1 Å². The van der Waals surface area contributed by atoms with Crippen molar-refractivity contribution in [2.45, 2.75) is 6.54 Å². The maximum absolute atomic E-state index is 12.7. The molecule has 0 radical (unpaired) electrons. The first-order chi connectivity index (χ1) is 13.2. The lowest BCUT2D eigenvalue weighted by Crippen LogP contribution is -2.19. The Morgan fingerprint density at radius 2 is 2.00 bits per heavy atom. The van der Waals surface area contributed by atoms with Crippen molar-refractivity contribution in [1.82, 2.24) is 4.57 Å². The van der Waals surface area contributed by atoms with Gasteiger partial charge in [0.15, 0.2) is 16.3 Å². The molecule has 5 nitrogen and oxygen atoms in total. The largest absolute Gasteiger partial charge is 0.486 e. The Labute approximate surface area is 169 Å². The van der Waals surface area contributed by atoms with Crippen molar-refractivity contribution in [2.75, 3.05) is 25.2 Å². The van der Waals surface area contributed by atoms with Gasteiger partial charge in [0, 0.05) is 24.4 Å². The summed E-state index contributed by atoms with van der Waals surface area (Å²) in [5, 5.41) is 0.403. The molecule has 4 rings (SSSR count). The molecular weight excluding hydrogens is 404 g/mol. The Kier molecular flexibility index (Phi) is 5.43. The Bertz CT molecular complexity index is 1070. The fourth-order valence-corrected chi connectivity index (χ4v) is 4.52. The zero-order valence-corrected chi connectivity index (χ0v) is 17.0. The van der Waals surface area contributed by atoms with E-state index in [1.807, 2.05) is 12.1 Å². The van der Waals surface area contributed by atoms with Crippen LogP contribution in [-0.4, -0.2) is 35.7 Å². The molecule has 27 heavy (non-hydrogen) atoms. The SMILES string of the molecule is CSCCn1c(=NC(=O)c2ccccc2Cl)sc2cc3c(cc21)OCCO3. The van der Waals surface area contributed by atoms with Crippen molar-refractivity contribution in [3.05, 3.63) is 51.8 Å². The van der Waals surface area contributed by atoms with Gasteiger partial charge in [-0.25, -0.2) is 0 Å². The van der Waals surface area contributed by atoms with Gasteiger partial charge in [0.1, 0.15) is 13.2 Å². The van der Waals surface area contributed by atoms with Crippen LogP contribution in [0.3, 0.4) is 0 Å². The molecule has 8 heteroatoms. The molecule has 140 valence electrons. The van der Waals surface area contributed by atoms with E-state index in [2.05, 4.69) is 15.8 Å². The van der Waals surface area contributed by atoms with Gasteiger partial charge in [0.05, 0.1) is 20.8 Å². The summed E-state index contributed by atoms with van der Waals surface area (Å²) in [6.45, 7) is 1.82. The summed E-state index contributed by atoms with van der Waals surface area (Å²) in [5.41, 5.74) is 1.39. The van der Waals surface area contributed by atoms with Crippen LogP contribution >= 0.6 is 34.7 Å². The van der Waals surface area contributed by atoms with E-state index in [1.165, 1.54) is 11.3 Å². The number of carbonyl (C=O) groups excluding carboxylic acids is 1. The summed E-state index contributed by atoms with van der Waals surface area (Å²) in [6, 6.07) is 10.9. The van der Waals surface area contributed by atoms with E-state index >= 15 is 0 Å². The molecule has 0 spiro atoms. The van der Waals surface area contributed by atoms with Crippen LogP contribution in [-0.2, 0) is 6.54 Å². The molecular formula is C19H17ClN2O3S2. The number of hydrogen-bond donors (Lipinski definition) is 0. The van der Waals surface area contributed by atoms with Crippen molar-refractivity contribution in [3.63, 3.8) is 0 Å². The lowest BCUT2D eigenvalue weighted by molar-refractivity contribution is 0.0998. The molecule has 0 atom stereocenters. The van der Waals surface area contributed by atoms with E-state index < -0.39 is 0 Å². The molecule has 0 unspecified atom stereocenters. The number of aromatic nitrogens is 1. The lowest BCUT2D eigenvalue weighted by Gasteiger charge is -2.18. The van der Waals surface area contributed by atoms with Crippen LogP contribution in [0, 0.1) is 0 Å². The molecule has 1 aromatic heterocycles. The second-order valence-electron chi connectivity index (χ2n) is 5.89. The smallest absolute Gasteiger partial charge is 0.281 e. The first-order valence-corrected chi connectivity index (χ1v) is 11.0. The summed E-state index contributed by atoms with van der Waals surface area (Å²) in [4.78, 5) is 17.7. The summed E-state index contributed by atoms with van der Waals surface area (Å²) >= 11 is 9.36. The fourth-order valence-electron chi connectivity index (χ4n) is 2.87. The van der Waals surface area contributed by atoms with Crippen molar-refractivity contribution in [2.24, 2.45) is 4.99 Å². The highest BCUT2D eigenvalue weighted by atomic mass is 35.5. The van der Waals surface area contributed by atoms with E-state index in [0.717, 1.165) is 34.0 Å². The van der Waals surface area contributed by atoms with Crippen molar-refractivity contribution in [1.29, 1.82) is 0 Å². The molecule has 0 bridgehead atoms. The van der Waals surface area contributed by atoms with Crippen LogP contribution in [0.5, 0.6) is 11.5 Å². The summed E-state index contributed by atoms with van der Waals surface area (Å²) in [6.07, 6.45) is 2.06. The van der Waals surface area contributed by atoms with E-state index in [1.54, 1.807) is 36.0 Å². The zero-order chi connectivity index (χ0) is 18.8. The topological polar surface area (TPSA) is 52.8 Å². The summed E-state index contributed by atoms with van der Waals surface area (Å²) in [5.74, 6) is 2.03. The molecule has 0 aliphatic carbocycles. The Balaban J connectivity index is 1.85. The van der Waals surface area contributed by atoms with Gasteiger partial charge < -0.3 is 14.0 Å². The number of fused-ring (bicyclic) bond motifs is 2. The quantitative estimate of drug-likeness (QED) is 0.633. The van der Waals surface area contributed by atoms with E-state index in [4.69, 9.17) is 21.1 Å². The number of rotatable bonds is 4. The van der Waals surface area contributed by atoms with Gasteiger partial charge in [-0.2, -0.15) is 16.8 Å². The van der Waals surface area contributed by atoms with Gasteiger partial charge in [0.25, 0.3) is 5.91 Å².